The van der Waals surface area contributed by atoms with E-state index in [9.17, 15) is 9.59 Å². The maximum atomic E-state index is 11.9. The number of hydrogen-bond acceptors (Lipinski definition) is 3. The van der Waals surface area contributed by atoms with Gasteiger partial charge in [0.25, 0.3) is 0 Å². The van der Waals surface area contributed by atoms with Crippen molar-refractivity contribution in [3.8, 4) is 0 Å². The highest BCUT2D eigenvalue weighted by Gasteiger charge is 2.25. The summed E-state index contributed by atoms with van der Waals surface area (Å²) in [5.41, 5.74) is 0.742. The molecule has 96 valence electrons. The lowest BCUT2D eigenvalue weighted by Gasteiger charge is -2.32. The van der Waals surface area contributed by atoms with Gasteiger partial charge in [-0.05, 0) is 6.92 Å². The first kappa shape index (κ1) is 12.8. The molecule has 1 aliphatic rings. The first-order chi connectivity index (χ1) is 8.68. The third-order valence-electron chi connectivity index (χ3n) is 3.35. The smallest absolute Gasteiger partial charge is 0.237 e. The number of ketones is 1. The maximum Gasteiger partial charge on any atom is 0.237 e. The van der Waals surface area contributed by atoms with Crippen molar-refractivity contribution in [2.75, 3.05) is 19.6 Å². The topological polar surface area (TPSA) is 49.4 Å². The predicted octanol–water partition coefficient (Wildman–Crippen LogP) is 1.08. The minimum Gasteiger partial charge on any atom is -0.353 e. The summed E-state index contributed by atoms with van der Waals surface area (Å²) in [6.45, 7) is 4.00. The molecule has 4 heteroatoms. The molecule has 1 aromatic rings. The van der Waals surface area contributed by atoms with Crippen LogP contribution in [0.25, 0.3) is 0 Å². The molecule has 1 N–H and O–H groups in total. The van der Waals surface area contributed by atoms with E-state index in [0.717, 1.165) is 12.1 Å². The van der Waals surface area contributed by atoms with Gasteiger partial charge in [0, 0.05) is 31.6 Å². The average Bonchev–Trinajstić information content (AvgIpc) is 2.41. The second kappa shape index (κ2) is 5.78. The molecule has 1 fully saturated rings. The molecular weight excluding hydrogens is 228 g/mol. The van der Waals surface area contributed by atoms with Crippen molar-refractivity contribution in [1.29, 1.82) is 0 Å². The second-order valence-electron chi connectivity index (χ2n) is 4.54. The lowest BCUT2D eigenvalue weighted by Crippen LogP contribution is -2.54. The summed E-state index contributed by atoms with van der Waals surface area (Å²) >= 11 is 0. The Bertz CT molecular complexity index is 431. The number of nitrogens with one attached hydrogen (secondary N) is 1. The molecule has 1 aromatic carbocycles. The van der Waals surface area contributed by atoms with Gasteiger partial charge < -0.3 is 5.32 Å². The van der Waals surface area contributed by atoms with Crippen LogP contribution < -0.4 is 5.32 Å². The van der Waals surface area contributed by atoms with Gasteiger partial charge in [-0.3, -0.25) is 14.5 Å². The Morgan fingerprint density at radius 2 is 2.11 bits per heavy atom. The van der Waals surface area contributed by atoms with Crippen LogP contribution in [0.4, 0.5) is 0 Å². The normalized spacial score (nSPS) is 20.5. The zero-order valence-corrected chi connectivity index (χ0v) is 10.6. The van der Waals surface area contributed by atoms with Gasteiger partial charge in [0.2, 0.25) is 5.91 Å². The summed E-state index contributed by atoms with van der Waals surface area (Å²) in [4.78, 5) is 25.5. The van der Waals surface area contributed by atoms with Gasteiger partial charge >= 0.3 is 0 Å². The quantitative estimate of drug-likeness (QED) is 0.809. The predicted molar refractivity (Wildman–Crippen MR) is 69.4 cm³/mol. The van der Waals surface area contributed by atoms with E-state index in [1.54, 1.807) is 0 Å². The minimum atomic E-state index is -0.137. The van der Waals surface area contributed by atoms with Crippen LogP contribution in [-0.2, 0) is 4.79 Å². The van der Waals surface area contributed by atoms with Crippen molar-refractivity contribution in [2.24, 2.45) is 0 Å². The third kappa shape index (κ3) is 2.96. The number of Topliss-reactive ketones (excluding diaryl/α,β-unsaturated/α-hetero) is 1. The fourth-order valence-corrected chi connectivity index (χ4v) is 2.15. The first-order valence-electron chi connectivity index (χ1n) is 6.28. The number of hydrogen-bond donors (Lipinski definition) is 1. The highest BCUT2D eigenvalue weighted by Crippen LogP contribution is 2.08. The summed E-state index contributed by atoms with van der Waals surface area (Å²) in [5.74, 6) is 0.183. The standard InChI is InChI=1S/C14H18N2O2/c1-11-14(18)15-8-10-16(11)9-7-13(17)12-5-3-2-4-6-12/h2-6,11H,7-10H2,1H3,(H,15,18). The summed E-state index contributed by atoms with van der Waals surface area (Å²) in [6, 6.07) is 9.15. The molecular formula is C14H18N2O2. The Labute approximate surface area is 107 Å². The average molecular weight is 246 g/mol. The lowest BCUT2D eigenvalue weighted by molar-refractivity contribution is -0.128. The van der Waals surface area contributed by atoms with Crippen LogP contribution in [0.5, 0.6) is 0 Å². The van der Waals surface area contributed by atoms with Crippen LogP contribution in [0.1, 0.15) is 23.7 Å². The van der Waals surface area contributed by atoms with Gasteiger partial charge in [0.05, 0.1) is 6.04 Å². The number of nitrogens with zero attached hydrogens (tertiary/aromatic N) is 1. The first-order valence-corrected chi connectivity index (χ1v) is 6.28. The summed E-state index contributed by atoms with van der Waals surface area (Å²) in [5, 5.41) is 2.82. The van der Waals surface area contributed by atoms with E-state index in [1.807, 2.05) is 37.3 Å². The third-order valence-corrected chi connectivity index (χ3v) is 3.35. The molecule has 1 saturated heterocycles. The molecule has 1 unspecified atom stereocenters. The molecule has 1 aliphatic heterocycles. The second-order valence-corrected chi connectivity index (χ2v) is 4.54. The number of carbonyl (C=O) groups excluding carboxylic acids is 2. The monoisotopic (exact) mass is 246 g/mol. The maximum absolute atomic E-state index is 11.9. The van der Waals surface area contributed by atoms with Crippen LogP contribution in [0.3, 0.4) is 0 Å². The minimum absolute atomic E-state index is 0.0495. The largest absolute Gasteiger partial charge is 0.353 e. The van der Waals surface area contributed by atoms with E-state index in [4.69, 9.17) is 0 Å². The van der Waals surface area contributed by atoms with Crippen molar-refractivity contribution < 1.29 is 9.59 Å². The summed E-state index contributed by atoms with van der Waals surface area (Å²) < 4.78 is 0. The van der Waals surface area contributed by atoms with Crippen molar-refractivity contribution in [3.05, 3.63) is 35.9 Å². The Morgan fingerprint density at radius 3 is 2.83 bits per heavy atom. The zero-order valence-electron chi connectivity index (χ0n) is 10.6. The van der Waals surface area contributed by atoms with Crippen LogP contribution >= 0.6 is 0 Å². The van der Waals surface area contributed by atoms with Gasteiger partial charge in [-0.2, -0.15) is 0 Å². The van der Waals surface area contributed by atoms with Crippen molar-refractivity contribution in [3.63, 3.8) is 0 Å². The number of amides is 1. The molecule has 1 heterocycles. The Balaban J connectivity index is 1.88. The number of carbonyl (C=O) groups is 2. The van der Waals surface area contributed by atoms with Gasteiger partial charge in [-0.15, -0.1) is 0 Å². The molecule has 1 atom stereocenters. The van der Waals surface area contributed by atoms with Crippen LogP contribution in [0.2, 0.25) is 0 Å². The summed E-state index contributed by atoms with van der Waals surface area (Å²) in [7, 11) is 0. The van der Waals surface area contributed by atoms with E-state index >= 15 is 0 Å². The van der Waals surface area contributed by atoms with Gasteiger partial charge in [0.1, 0.15) is 0 Å². The van der Waals surface area contributed by atoms with Crippen molar-refractivity contribution in [2.45, 2.75) is 19.4 Å². The lowest BCUT2D eigenvalue weighted by atomic mass is 10.1. The van der Waals surface area contributed by atoms with Crippen LogP contribution in [0.15, 0.2) is 30.3 Å². The fourth-order valence-electron chi connectivity index (χ4n) is 2.15. The summed E-state index contributed by atoms with van der Waals surface area (Å²) in [6.07, 6.45) is 0.460. The fraction of sp³-hybridized carbons (Fsp3) is 0.429. The zero-order chi connectivity index (χ0) is 13.0. The highest BCUT2D eigenvalue weighted by atomic mass is 16.2. The van der Waals surface area contributed by atoms with E-state index in [-0.39, 0.29) is 17.7 Å². The molecule has 4 nitrogen and oxygen atoms in total. The number of rotatable bonds is 4. The molecule has 0 spiro atoms. The molecule has 0 aliphatic carbocycles. The molecule has 1 amide bonds. The van der Waals surface area contributed by atoms with Crippen LogP contribution in [0, 0.1) is 0 Å². The van der Waals surface area contributed by atoms with E-state index in [1.165, 1.54) is 0 Å². The van der Waals surface area contributed by atoms with E-state index in [0.29, 0.717) is 19.5 Å². The molecule has 0 aromatic heterocycles. The highest BCUT2D eigenvalue weighted by molar-refractivity contribution is 5.96. The Morgan fingerprint density at radius 1 is 1.39 bits per heavy atom. The van der Waals surface area contributed by atoms with Gasteiger partial charge in [-0.25, -0.2) is 0 Å². The Kier molecular flexibility index (Phi) is 4.10. The SMILES string of the molecule is CC1C(=O)NCCN1CCC(=O)c1ccccc1. The molecule has 0 radical (unpaired) electrons. The Hall–Kier alpha value is -1.68. The van der Waals surface area contributed by atoms with E-state index in [2.05, 4.69) is 10.2 Å². The van der Waals surface area contributed by atoms with Crippen molar-refractivity contribution >= 4 is 11.7 Å². The molecule has 0 saturated carbocycles. The van der Waals surface area contributed by atoms with E-state index < -0.39 is 0 Å². The van der Waals surface area contributed by atoms with Crippen LogP contribution in [-0.4, -0.2) is 42.3 Å². The molecule has 2 rings (SSSR count). The molecule has 18 heavy (non-hydrogen) atoms. The number of benzene rings is 1. The van der Waals surface area contributed by atoms with Gasteiger partial charge in [-0.1, -0.05) is 30.3 Å². The molecule has 0 bridgehead atoms. The van der Waals surface area contributed by atoms with Crippen molar-refractivity contribution in [1.82, 2.24) is 10.2 Å². The van der Waals surface area contributed by atoms with Gasteiger partial charge in [0.15, 0.2) is 5.78 Å². The number of piperazine rings is 1.